The van der Waals surface area contributed by atoms with E-state index >= 15 is 0 Å². The van der Waals surface area contributed by atoms with Crippen molar-refractivity contribution in [2.45, 2.75) is 5.51 Å². The van der Waals surface area contributed by atoms with Crippen molar-refractivity contribution in [2.24, 2.45) is 0 Å². The summed E-state index contributed by atoms with van der Waals surface area (Å²) in [5.74, 6) is -0.945. The zero-order chi connectivity index (χ0) is 25.4. The summed E-state index contributed by atoms with van der Waals surface area (Å²) in [5.41, 5.74) is -2.90. The minimum atomic E-state index is -5.87. The zero-order valence-corrected chi connectivity index (χ0v) is 19.4. The van der Waals surface area contributed by atoms with E-state index in [2.05, 4.69) is 24.5 Å². The molecule has 4 rings (SSSR count). The Morgan fingerprint density at radius 3 is 2.51 bits per heavy atom. The van der Waals surface area contributed by atoms with Crippen molar-refractivity contribution in [2.75, 3.05) is 27.2 Å². The molecule has 0 bridgehead atoms. The van der Waals surface area contributed by atoms with Crippen molar-refractivity contribution in [3.63, 3.8) is 0 Å². The van der Waals surface area contributed by atoms with E-state index in [4.69, 9.17) is 0 Å². The SMILES string of the molecule is CN(C)CCNC(=O)c1ccc(-c2ccnc3[nH]c4cnc(OS(=O)(=O)C(F)(F)F)cc4c23)cc1. The van der Waals surface area contributed by atoms with Crippen LogP contribution in [0.2, 0.25) is 0 Å². The second-order valence-electron chi connectivity index (χ2n) is 7.89. The summed E-state index contributed by atoms with van der Waals surface area (Å²) in [5, 5.41) is 3.73. The average Bonchev–Trinajstić information content (AvgIpc) is 3.16. The summed E-state index contributed by atoms with van der Waals surface area (Å²) in [6.07, 6.45) is 2.72. The quantitative estimate of drug-likeness (QED) is 0.291. The van der Waals surface area contributed by atoms with Crippen LogP contribution in [0.25, 0.3) is 33.1 Å². The summed E-state index contributed by atoms with van der Waals surface area (Å²) in [4.78, 5) is 25.2. The van der Waals surface area contributed by atoms with Gasteiger partial charge in [0.1, 0.15) is 5.65 Å². The molecule has 0 aliphatic heterocycles. The first-order valence-corrected chi connectivity index (χ1v) is 11.7. The molecule has 0 aliphatic rings. The molecule has 9 nitrogen and oxygen atoms in total. The monoisotopic (exact) mass is 507 g/mol. The Hall–Kier alpha value is -3.71. The van der Waals surface area contributed by atoms with Crippen LogP contribution in [0, 0.1) is 0 Å². The number of carbonyl (C=O) groups excluding carboxylic acids is 1. The van der Waals surface area contributed by atoms with Crippen molar-refractivity contribution in [3.05, 3.63) is 54.4 Å². The Balaban J connectivity index is 1.70. The number of amides is 1. The molecule has 35 heavy (non-hydrogen) atoms. The number of H-pyrrole nitrogens is 1. The molecule has 1 amide bonds. The lowest BCUT2D eigenvalue weighted by Gasteiger charge is -2.11. The van der Waals surface area contributed by atoms with Crippen LogP contribution in [0.15, 0.2) is 48.8 Å². The van der Waals surface area contributed by atoms with Gasteiger partial charge >= 0.3 is 15.6 Å². The Morgan fingerprint density at radius 2 is 1.86 bits per heavy atom. The van der Waals surface area contributed by atoms with E-state index in [1.165, 1.54) is 6.20 Å². The lowest BCUT2D eigenvalue weighted by Crippen LogP contribution is -2.31. The number of likely N-dealkylation sites (N-methyl/N-ethyl adjacent to an activating group) is 1. The predicted molar refractivity (Wildman–Crippen MR) is 123 cm³/mol. The van der Waals surface area contributed by atoms with Gasteiger partial charge in [0.15, 0.2) is 0 Å². The smallest absolute Gasteiger partial charge is 0.355 e. The molecule has 184 valence electrons. The van der Waals surface area contributed by atoms with Crippen LogP contribution in [0.3, 0.4) is 0 Å². The fraction of sp³-hybridized carbons (Fsp3) is 0.227. The summed E-state index contributed by atoms with van der Waals surface area (Å²) in [6.45, 7) is 1.20. The van der Waals surface area contributed by atoms with E-state index in [9.17, 15) is 26.4 Å². The van der Waals surface area contributed by atoms with Crippen LogP contribution in [0.5, 0.6) is 5.88 Å². The van der Waals surface area contributed by atoms with E-state index in [0.29, 0.717) is 51.7 Å². The Morgan fingerprint density at radius 1 is 1.14 bits per heavy atom. The van der Waals surface area contributed by atoms with Crippen molar-refractivity contribution >= 4 is 38.0 Å². The van der Waals surface area contributed by atoms with Crippen LogP contribution in [0.1, 0.15) is 10.4 Å². The molecule has 0 saturated heterocycles. The number of aromatic nitrogens is 3. The van der Waals surface area contributed by atoms with Gasteiger partial charge in [0.25, 0.3) is 5.91 Å². The maximum Gasteiger partial charge on any atom is 0.534 e. The summed E-state index contributed by atoms with van der Waals surface area (Å²) >= 11 is 0. The van der Waals surface area contributed by atoms with Gasteiger partial charge in [-0.05, 0) is 43.4 Å². The highest BCUT2D eigenvalue weighted by molar-refractivity contribution is 7.87. The number of rotatable bonds is 7. The van der Waals surface area contributed by atoms with E-state index in [1.54, 1.807) is 36.5 Å². The standard InChI is InChI=1S/C22H20F3N5O4S/c1-30(2)10-9-27-21(31)14-5-3-13(4-6-14)15-7-8-26-20-19(15)16-11-18(28-12-17(16)29-20)34-35(32,33)22(23,24)25/h3-8,11-12H,9-10H2,1-2H3,(H,26,29)(H,27,31). The largest absolute Gasteiger partial charge is 0.534 e. The predicted octanol–water partition coefficient (Wildman–Crippen LogP) is 3.30. The summed E-state index contributed by atoms with van der Waals surface area (Å²) in [6, 6.07) is 9.60. The van der Waals surface area contributed by atoms with Crippen LogP contribution in [-0.2, 0) is 10.1 Å². The van der Waals surface area contributed by atoms with Crippen molar-refractivity contribution in [1.82, 2.24) is 25.2 Å². The number of fused-ring (bicyclic) bond motifs is 3. The number of carbonyl (C=O) groups is 1. The van der Waals surface area contributed by atoms with Crippen LogP contribution >= 0.6 is 0 Å². The molecule has 2 N–H and O–H groups in total. The highest BCUT2D eigenvalue weighted by Crippen LogP contribution is 2.35. The highest BCUT2D eigenvalue weighted by Gasteiger charge is 2.48. The van der Waals surface area contributed by atoms with Gasteiger partial charge in [-0.2, -0.15) is 21.6 Å². The lowest BCUT2D eigenvalue weighted by atomic mass is 10.0. The van der Waals surface area contributed by atoms with E-state index in [-0.39, 0.29) is 5.91 Å². The number of halogens is 3. The maximum absolute atomic E-state index is 12.7. The molecular formula is C22H20F3N5O4S. The molecule has 0 unspecified atom stereocenters. The Kier molecular flexibility index (Phi) is 6.38. The number of hydrogen-bond donors (Lipinski definition) is 2. The van der Waals surface area contributed by atoms with Crippen molar-refractivity contribution in [1.29, 1.82) is 0 Å². The van der Waals surface area contributed by atoms with Gasteiger partial charge in [0.05, 0.1) is 11.7 Å². The number of nitrogens with zero attached hydrogens (tertiary/aromatic N) is 3. The second kappa shape index (κ2) is 9.15. The number of alkyl halides is 3. The van der Waals surface area contributed by atoms with Gasteiger partial charge in [-0.15, -0.1) is 0 Å². The second-order valence-corrected chi connectivity index (χ2v) is 9.43. The molecule has 0 saturated carbocycles. The van der Waals surface area contributed by atoms with Crippen molar-refractivity contribution < 1.29 is 30.6 Å². The third kappa shape index (κ3) is 5.05. The molecule has 0 spiro atoms. The molecule has 0 aliphatic carbocycles. The van der Waals surface area contributed by atoms with E-state index < -0.39 is 21.5 Å². The minimum Gasteiger partial charge on any atom is -0.355 e. The normalized spacial score (nSPS) is 12.4. The molecule has 0 atom stereocenters. The number of aromatic amines is 1. The summed E-state index contributed by atoms with van der Waals surface area (Å²) in [7, 11) is -2.06. The topological polar surface area (TPSA) is 117 Å². The van der Waals surface area contributed by atoms with Gasteiger partial charge in [-0.1, -0.05) is 12.1 Å². The highest BCUT2D eigenvalue weighted by atomic mass is 32.2. The fourth-order valence-corrected chi connectivity index (χ4v) is 3.85. The molecular weight excluding hydrogens is 487 g/mol. The van der Waals surface area contributed by atoms with Crippen LogP contribution in [-0.4, -0.2) is 66.9 Å². The molecule has 4 aromatic rings. The zero-order valence-electron chi connectivity index (χ0n) is 18.5. The van der Waals surface area contributed by atoms with Gasteiger partial charge in [-0.3, -0.25) is 4.79 Å². The third-order valence-corrected chi connectivity index (χ3v) is 6.09. The average molecular weight is 507 g/mol. The van der Waals surface area contributed by atoms with Crippen LogP contribution < -0.4 is 9.50 Å². The van der Waals surface area contributed by atoms with Gasteiger partial charge in [0, 0.05) is 41.7 Å². The fourth-order valence-electron chi connectivity index (χ4n) is 3.44. The van der Waals surface area contributed by atoms with E-state index in [0.717, 1.165) is 6.07 Å². The maximum atomic E-state index is 12.7. The molecule has 1 aromatic carbocycles. The van der Waals surface area contributed by atoms with Gasteiger partial charge in [-0.25, -0.2) is 9.97 Å². The first-order chi connectivity index (χ1) is 16.5. The van der Waals surface area contributed by atoms with Crippen molar-refractivity contribution in [3.8, 4) is 17.0 Å². The number of nitrogens with one attached hydrogen (secondary N) is 2. The third-order valence-electron chi connectivity index (χ3n) is 5.13. The number of hydrogen-bond acceptors (Lipinski definition) is 7. The van der Waals surface area contributed by atoms with Crippen LogP contribution in [0.4, 0.5) is 13.2 Å². The first-order valence-electron chi connectivity index (χ1n) is 10.3. The van der Waals surface area contributed by atoms with E-state index in [1.807, 2.05) is 19.0 Å². The molecule has 0 fully saturated rings. The van der Waals surface area contributed by atoms with Gasteiger partial charge in [0.2, 0.25) is 5.88 Å². The molecule has 3 aromatic heterocycles. The Labute approximate surface area is 198 Å². The summed E-state index contributed by atoms with van der Waals surface area (Å²) < 4.78 is 65.1. The minimum absolute atomic E-state index is 0.218. The molecule has 0 radical (unpaired) electrons. The Bertz CT molecular complexity index is 1500. The lowest BCUT2D eigenvalue weighted by molar-refractivity contribution is -0.0501. The first kappa shape index (κ1) is 24.4. The number of pyridine rings is 2. The van der Waals surface area contributed by atoms with Gasteiger partial charge < -0.3 is 19.4 Å². The molecule has 3 heterocycles. The number of benzene rings is 1. The molecule has 13 heteroatoms.